The van der Waals surface area contributed by atoms with E-state index in [4.69, 9.17) is 0 Å². The van der Waals surface area contributed by atoms with Gasteiger partial charge in [-0.3, -0.25) is 0 Å². The van der Waals surface area contributed by atoms with Crippen molar-refractivity contribution in [3.63, 3.8) is 0 Å². The van der Waals surface area contributed by atoms with Crippen molar-refractivity contribution in [2.45, 2.75) is 26.1 Å². The maximum atomic E-state index is 13.7. The van der Waals surface area contributed by atoms with Crippen molar-refractivity contribution >= 4 is 10.8 Å². The van der Waals surface area contributed by atoms with Gasteiger partial charge in [-0.25, -0.2) is 4.39 Å². The summed E-state index contributed by atoms with van der Waals surface area (Å²) in [5.74, 6) is -5.01. The second-order valence-electron chi connectivity index (χ2n) is 4.84. The molecule has 0 saturated carbocycles. The van der Waals surface area contributed by atoms with E-state index in [0.717, 1.165) is 12.1 Å². The maximum absolute atomic E-state index is 13.7. The molecule has 21 heavy (non-hydrogen) atoms. The molecule has 1 N–H and O–H groups in total. The van der Waals surface area contributed by atoms with Gasteiger partial charge in [-0.15, -0.1) is 13.2 Å². The van der Waals surface area contributed by atoms with Gasteiger partial charge >= 0.3 is 6.36 Å². The summed E-state index contributed by atoms with van der Waals surface area (Å²) in [5, 5.41) is 9.28. The molecule has 7 heteroatoms. The molecule has 0 radical (unpaired) electrons. The fourth-order valence-corrected chi connectivity index (χ4v) is 2.13. The highest BCUT2D eigenvalue weighted by Crippen LogP contribution is 2.40. The van der Waals surface area contributed by atoms with Crippen LogP contribution in [0.25, 0.3) is 10.8 Å². The van der Waals surface area contributed by atoms with E-state index in [1.165, 1.54) is 6.07 Å². The zero-order chi connectivity index (χ0) is 15.9. The Kier molecular flexibility index (Phi) is 3.69. The molecule has 0 aromatic heterocycles. The van der Waals surface area contributed by atoms with Crippen LogP contribution < -0.4 is 4.74 Å². The number of rotatable bonds is 2. The standard InChI is InChI=1S/C14H11F5O2/c1-6(2)9-5-8(20)3-7-4-10(15)12(16)13(11(7)9)21-14(17,18)19/h3-6,20H,1-2H3. The van der Waals surface area contributed by atoms with Crippen LogP contribution in [0.2, 0.25) is 0 Å². The van der Waals surface area contributed by atoms with E-state index < -0.39 is 23.7 Å². The fourth-order valence-electron chi connectivity index (χ4n) is 2.13. The minimum Gasteiger partial charge on any atom is -0.508 e. The number of fused-ring (bicyclic) bond motifs is 1. The molecule has 2 aromatic carbocycles. The molecule has 0 spiro atoms. The summed E-state index contributed by atoms with van der Waals surface area (Å²) >= 11 is 0. The quantitative estimate of drug-likeness (QED) is 0.804. The van der Waals surface area contributed by atoms with Crippen molar-refractivity contribution in [1.82, 2.24) is 0 Å². The summed E-state index contributed by atoms with van der Waals surface area (Å²) < 4.78 is 68.1. The third-order valence-corrected chi connectivity index (χ3v) is 2.94. The van der Waals surface area contributed by atoms with Crippen LogP contribution in [-0.2, 0) is 0 Å². The van der Waals surface area contributed by atoms with Gasteiger partial charge in [0.25, 0.3) is 0 Å². The first-order valence-corrected chi connectivity index (χ1v) is 6.00. The lowest BCUT2D eigenvalue weighted by molar-refractivity contribution is -0.275. The van der Waals surface area contributed by atoms with Gasteiger partial charge in [0.05, 0.1) is 0 Å². The molecular weight excluding hydrogens is 295 g/mol. The van der Waals surface area contributed by atoms with E-state index in [9.17, 15) is 27.1 Å². The SMILES string of the molecule is CC(C)c1cc(O)cc2cc(F)c(F)c(OC(F)(F)F)c12. The van der Waals surface area contributed by atoms with Crippen molar-refractivity contribution in [2.75, 3.05) is 0 Å². The van der Waals surface area contributed by atoms with Crippen LogP contribution in [0.4, 0.5) is 22.0 Å². The first kappa shape index (κ1) is 15.3. The average molecular weight is 306 g/mol. The molecule has 2 nitrogen and oxygen atoms in total. The van der Waals surface area contributed by atoms with Crippen LogP contribution in [0.3, 0.4) is 0 Å². The van der Waals surface area contributed by atoms with E-state index in [0.29, 0.717) is 0 Å². The fraction of sp³-hybridized carbons (Fsp3) is 0.286. The van der Waals surface area contributed by atoms with Gasteiger partial charge in [0.15, 0.2) is 11.6 Å². The van der Waals surface area contributed by atoms with E-state index in [2.05, 4.69) is 4.74 Å². The van der Waals surface area contributed by atoms with Crippen LogP contribution in [0.5, 0.6) is 11.5 Å². The Hall–Kier alpha value is -2.05. The Morgan fingerprint density at radius 1 is 1.10 bits per heavy atom. The summed E-state index contributed by atoms with van der Waals surface area (Å²) in [6.45, 7) is 3.29. The summed E-state index contributed by atoms with van der Waals surface area (Å²) in [7, 11) is 0. The summed E-state index contributed by atoms with van der Waals surface area (Å²) in [6.07, 6.45) is -5.16. The number of aromatic hydroxyl groups is 1. The van der Waals surface area contributed by atoms with Gasteiger partial charge < -0.3 is 9.84 Å². The number of benzene rings is 2. The van der Waals surface area contributed by atoms with Gasteiger partial charge in [-0.2, -0.15) is 4.39 Å². The molecule has 0 aliphatic carbocycles. The monoisotopic (exact) mass is 306 g/mol. The first-order chi connectivity index (χ1) is 9.60. The largest absolute Gasteiger partial charge is 0.573 e. The van der Waals surface area contributed by atoms with Crippen LogP contribution in [0.15, 0.2) is 18.2 Å². The minimum absolute atomic E-state index is 0.0724. The number of phenolic OH excluding ortho intramolecular Hbond substituents is 1. The third kappa shape index (κ3) is 3.01. The molecule has 0 fully saturated rings. The Morgan fingerprint density at radius 3 is 2.24 bits per heavy atom. The molecular formula is C14H11F5O2. The van der Waals surface area contributed by atoms with Crippen LogP contribution >= 0.6 is 0 Å². The van der Waals surface area contributed by atoms with Gasteiger partial charge in [0.2, 0.25) is 5.82 Å². The summed E-state index contributed by atoms with van der Waals surface area (Å²) in [4.78, 5) is 0. The van der Waals surface area contributed by atoms with Crippen LogP contribution in [0, 0.1) is 11.6 Å². The Morgan fingerprint density at radius 2 is 1.71 bits per heavy atom. The predicted molar refractivity (Wildman–Crippen MR) is 66.3 cm³/mol. The summed E-state index contributed by atoms with van der Waals surface area (Å²) in [6, 6.07) is 2.97. The van der Waals surface area contributed by atoms with Crippen LogP contribution in [-0.4, -0.2) is 11.5 Å². The molecule has 0 amide bonds. The lowest BCUT2D eigenvalue weighted by atomic mass is 9.94. The average Bonchev–Trinajstić information content (AvgIpc) is 2.32. The Balaban J connectivity index is 2.89. The van der Waals surface area contributed by atoms with Crippen molar-refractivity contribution in [3.8, 4) is 11.5 Å². The lowest BCUT2D eigenvalue weighted by Gasteiger charge is -2.17. The number of hydrogen-bond acceptors (Lipinski definition) is 2. The maximum Gasteiger partial charge on any atom is 0.573 e. The third-order valence-electron chi connectivity index (χ3n) is 2.94. The molecule has 0 aliphatic heterocycles. The van der Waals surface area contributed by atoms with E-state index in [1.54, 1.807) is 13.8 Å². The van der Waals surface area contributed by atoms with E-state index in [-0.39, 0.29) is 28.0 Å². The van der Waals surface area contributed by atoms with Crippen LogP contribution in [0.1, 0.15) is 25.3 Å². The zero-order valence-corrected chi connectivity index (χ0v) is 11.1. The zero-order valence-electron chi connectivity index (χ0n) is 11.1. The van der Waals surface area contributed by atoms with Crippen molar-refractivity contribution < 1.29 is 31.8 Å². The van der Waals surface area contributed by atoms with Gasteiger partial charge in [0.1, 0.15) is 5.75 Å². The highest BCUT2D eigenvalue weighted by molar-refractivity contribution is 5.93. The van der Waals surface area contributed by atoms with Crippen molar-refractivity contribution in [2.24, 2.45) is 0 Å². The number of halogens is 5. The topological polar surface area (TPSA) is 29.5 Å². The highest BCUT2D eigenvalue weighted by Gasteiger charge is 2.35. The molecule has 0 aliphatic rings. The normalized spacial score (nSPS) is 12.2. The molecule has 0 bridgehead atoms. The molecule has 0 heterocycles. The molecule has 2 rings (SSSR count). The number of hydrogen-bond donors (Lipinski definition) is 1. The second-order valence-corrected chi connectivity index (χ2v) is 4.84. The Bertz CT molecular complexity index is 692. The van der Waals surface area contributed by atoms with Crippen molar-refractivity contribution in [1.29, 1.82) is 0 Å². The second kappa shape index (κ2) is 5.05. The number of alkyl halides is 3. The van der Waals surface area contributed by atoms with Gasteiger partial charge in [-0.05, 0) is 35.1 Å². The first-order valence-electron chi connectivity index (χ1n) is 6.00. The van der Waals surface area contributed by atoms with E-state index >= 15 is 0 Å². The van der Waals surface area contributed by atoms with E-state index in [1.807, 2.05) is 0 Å². The smallest absolute Gasteiger partial charge is 0.508 e. The number of phenols is 1. The molecule has 0 saturated heterocycles. The molecule has 2 aromatic rings. The van der Waals surface area contributed by atoms with Gasteiger partial charge in [0, 0.05) is 5.39 Å². The molecule has 0 atom stereocenters. The Labute approximate surface area is 116 Å². The minimum atomic E-state index is -5.16. The van der Waals surface area contributed by atoms with Crippen molar-refractivity contribution in [3.05, 3.63) is 35.4 Å². The number of ether oxygens (including phenoxy) is 1. The summed E-state index contributed by atoms with van der Waals surface area (Å²) in [5.41, 5.74) is 0.225. The molecule has 114 valence electrons. The van der Waals surface area contributed by atoms with Gasteiger partial charge in [-0.1, -0.05) is 13.8 Å². The molecule has 0 unspecified atom stereocenters. The highest BCUT2D eigenvalue weighted by atomic mass is 19.4. The predicted octanol–water partition coefficient (Wildman–Crippen LogP) is 4.85. The lowest BCUT2D eigenvalue weighted by Crippen LogP contribution is -2.19.